The van der Waals surface area contributed by atoms with Crippen molar-refractivity contribution in [1.29, 1.82) is 5.26 Å². The minimum atomic E-state index is -0.428. The summed E-state index contributed by atoms with van der Waals surface area (Å²) in [6.07, 6.45) is 5.85. The van der Waals surface area contributed by atoms with E-state index in [9.17, 15) is 10.4 Å². The second kappa shape index (κ2) is 4.28. The Morgan fingerprint density at radius 1 is 1.18 bits per heavy atom. The van der Waals surface area contributed by atoms with Crippen molar-refractivity contribution in [2.24, 2.45) is 22.7 Å². The molecule has 17 heavy (non-hydrogen) atoms. The molecule has 2 fully saturated rings. The lowest BCUT2D eigenvalue weighted by Crippen LogP contribution is -2.41. The Morgan fingerprint density at radius 2 is 1.71 bits per heavy atom. The summed E-state index contributed by atoms with van der Waals surface area (Å²) >= 11 is 0. The van der Waals surface area contributed by atoms with Gasteiger partial charge in [-0.15, -0.1) is 0 Å². The van der Waals surface area contributed by atoms with Crippen LogP contribution < -0.4 is 0 Å². The third-order valence-corrected chi connectivity index (χ3v) is 4.96. The summed E-state index contributed by atoms with van der Waals surface area (Å²) in [5.74, 6) is 1.12. The van der Waals surface area contributed by atoms with Crippen LogP contribution in [0.15, 0.2) is 0 Å². The van der Waals surface area contributed by atoms with E-state index in [-0.39, 0.29) is 6.10 Å². The van der Waals surface area contributed by atoms with E-state index in [0.717, 1.165) is 38.5 Å². The van der Waals surface area contributed by atoms with Crippen LogP contribution in [0.1, 0.15) is 59.3 Å². The van der Waals surface area contributed by atoms with Gasteiger partial charge in [0.05, 0.1) is 17.6 Å². The lowest BCUT2D eigenvalue weighted by Gasteiger charge is -2.42. The van der Waals surface area contributed by atoms with Crippen LogP contribution in [0, 0.1) is 34.0 Å². The van der Waals surface area contributed by atoms with Gasteiger partial charge in [0.1, 0.15) is 0 Å². The quantitative estimate of drug-likeness (QED) is 0.796. The molecule has 1 N–H and O–H groups in total. The minimum Gasteiger partial charge on any atom is -0.391 e. The van der Waals surface area contributed by atoms with Gasteiger partial charge in [-0.05, 0) is 55.8 Å². The van der Waals surface area contributed by atoms with Crippen molar-refractivity contribution in [2.45, 2.75) is 65.4 Å². The molecule has 2 aliphatic rings. The number of hydrogen-bond donors (Lipinski definition) is 1. The van der Waals surface area contributed by atoms with Gasteiger partial charge in [-0.1, -0.05) is 20.8 Å². The fourth-order valence-corrected chi connectivity index (χ4v) is 3.34. The van der Waals surface area contributed by atoms with E-state index in [0.29, 0.717) is 17.3 Å². The first-order valence-electron chi connectivity index (χ1n) is 6.98. The number of aliphatic hydroxyl groups is 1. The van der Waals surface area contributed by atoms with Crippen molar-refractivity contribution in [3.05, 3.63) is 0 Å². The van der Waals surface area contributed by atoms with Crippen LogP contribution in [0.25, 0.3) is 0 Å². The van der Waals surface area contributed by atoms with Gasteiger partial charge < -0.3 is 5.11 Å². The van der Waals surface area contributed by atoms with Gasteiger partial charge >= 0.3 is 0 Å². The summed E-state index contributed by atoms with van der Waals surface area (Å²) in [5.41, 5.74) is -0.0882. The monoisotopic (exact) mass is 235 g/mol. The first-order chi connectivity index (χ1) is 7.89. The van der Waals surface area contributed by atoms with E-state index < -0.39 is 5.41 Å². The highest BCUT2D eigenvalue weighted by Gasteiger charge is 2.48. The Bertz CT molecular complexity index is 311. The molecule has 2 aliphatic carbocycles. The summed E-state index contributed by atoms with van der Waals surface area (Å²) in [5, 5.41) is 19.8. The lowest BCUT2D eigenvalue weighted by molar-refractivity contribution is -0.00302. The number of hydrogen-bond acceptors (Lipinski definition) is 2. The van der Waals surface area contributed by atoms with Crippen LogP contribution in [-0.2, 0) is 0 Å². The summed E-state index contributed by atoms with van der Waals surface area (Å²) in [4.78, 5) is 0. The molecular weight excluding hydrogens is 210 g/mol. The maximum absolute atomic E-state index is 10.3. The molecule has 2 nitrogen and oxygen atoms in total. The molecule has 2 saturated carbocycles. The molecule has 1 atom stereocenters. The first kappa shape index (κ1) is 12.9. The van der Waals surface area contributed by atoms with Gasteiger partial charge in [0.25, 0.3) is 0 Å². The second-order valence-corrected chi connectivity index (χ2v) is 7.19. The predicted molar refractivity (Wildman–Crippen MR) is 68.2 cm³/mol. The van der Waals surface area contributed by atoms with Crippen molar-refractivity contribution in [2.75, 3.05) is 0 Å². The third kappa shape index (κ3) is 2.50. The molecule has 0 aliphatic heterocycles. The van der Waals surface area contributed by atoms with Crippen molar-refractivity contribution >= 4 is 0 Å². The average molecular weight is 235 g/mol. The Labute approximate surface area is 105 Å². The summed E-state index contributed by atoms with van der Waals surface area (Å²) in [7, 11) is 0. The van der Waals surface area contributed by atoms with E-state index in [2.05, 4.69) is 26.8 Å². The highest BCUT2D eigenvalue weighted by Crippen LogP contribution is 2.51. The van der Waals surface area contributed by atoms with Crippen LogP contribution in [0.2, 0.25) is 0 Å². The molecule has 96 valence electrons. The minimum absolute atomic E-state index is 0.339. The smallest absolute Gasteiger partial charge is 0.0835 e. The molecular formula is C15H25NO. The highest BCUT2D eigenvalue weighted by molar-refractivity contribution is 5.09. The second-order valence-electron chi connectivity index (χ2n) is 7.19. The largest absolute Gasteiger partial charge is 0.391 e. The third-order valence-electron chi connectivity index (χ3n) is 4.96. The number of rotatable bonds is 2. The Hall–Kier alpha value is -0.550. The number of nitriles is 1. The first-order valence-corrected chi connectivity index (χ1v) is 6.98. The van der Waals surface area contributed by atoms with Crippen LogP contribution in [0.5, 0.6) is 0 Å². The van der Waals surface area contributed by atoms with E-state index in [1.165, 1.54) is 0 Å². The van der Waals surface area contributed by atoms with Crippen molar-refractivity contribution < 1.29 is 5.11 Å². The van der Waals surface area contributed by atoms with E-state index in [1.54, 1.807) is 0 Å². The van der Waals surface area contributed by atoms with E-state index in [4.69, 9.17) is 0 Å². The zero-order chi connectivity index (χ0) is 12.7. The number of aliphatic hydroxyl groups excluding tert-OH is 1. The molecule has 0 aromatic carbocycles. The van der Waals surface area contributed by atoms with Crippen LogP contribution in [0.3, 0.4) is 0 Å². The maximum Gasteiger partial charge on any atom is 0.0835 e. The summed E-state index contributed by atoms with van der Waals surface area (Å²) in [6.45, 7) is 6.86. The van der Waals surface area contributed by atoms with Crippen molar-refractivity contribution in [1.82, 2.24) is 0 Å². The maximum atomic E-state index is 10.3. The molecule has 0 aromatic rings. The Balaban J connectivity index is 2.02. The normalized spacial score (nSPS) is 36.3. The molecule has 0 heterocycles. The molecule has 0 saturated heterocycles. The molecule has 0 aromatic heterocycles. The van der Waals surface area contributed by atoms with Crippen molar-refractivity contribution in [3.8, 4) is 6.07 Å². The zero-order valence-corrected chi connectivity index (χ0v) is 11.4. The molecule has 2 rings (SSSR count). The van der Waals surface area contributed by atoms with Crippen LogP contribution in [0.4, 0.5) is 0 Å². The molecule has 0 radical (unpaired) electrons. The van der Waals surface area contributed by atoms with Gasteiger partial charge in [-0.3, -0.25) is 0 Å². The molecule has 1 unspecified atom stereocenters. The molecule has 0 spiro atoms. The fraction of sp³-hybridized carbons (Fsp3) is 0.933. The summed E-state index contributed by atoms with van der Waals surface area (Å²) < 4.78 is 0. The molecule has 0 amide bonds. The zero-order valence-electron chi connectivity index (χ0n) is 11.4. The highest BCUT2D eigenvalue weighted by atomic mass is 16.3. The lowest BCUT2D eigenvalue weighted by atomic mass is 9.62. The SMILES string of the molecule is CC(C)(C)C1CCC(C#N)(C(O)C2CC2)CC1. The summed E-state index contributed by atoms with van der Waals surface area (Å²) in [6, 6.07) is 2.46. The van der Waals surface area contributed by atoms with E-state index in [1.807, 2.05) is 0 Å². The predicted octanol–water partition coefficient (Wildman–Crippen LogP) is 3.50. The van der Waals surface area contributed by atoms with Gasteiger partial charge in [0.2, 0.25) is 0 Å². The topological polar surface area (TPSA) is 44.0 Å². The average Bonchev–Trinajstić information content (AvgIpc) is 3.10. The fourth-order valence-electron chi connectivity index (χ4n) is 3.34. The van der Waals surface area contributed by atoms with Gasteiger partial charge in [-0.2, -0.15) is 5.26 Å². The van der Waals surface area contributed by atoms with Crippen LogP contribution in [-0.4, -0.2) is 11.2 Å². The van der Waals surface area contributed by atoms with E-state index >= 15 is 0 Å². The van der Waals surface area contributed by atoms with Crippen molar-refractivity contribution in [3.63, 3.8) is 0 Å². The Morgan fingerprint density at radius 3 is 2.06 bits per heavy atom. The van der Waals surface area contributed by atoms with Gasteiger partial charge in [0, 0.05) is 0 Å². The number of nitrogens with zero attached hydrogens (tertiary/aromatic N) is 1. The van der Waals surface area contributed by atoms with Gasteiger partial charge in [0.15, 0.2) is 0 Å². The van der Waals surface area contributed by atoms with Crippen LogP contribution >= 0.6 is 0 Å². The molecule has 2 heteroatoms. The van der Waals surface area contributed by atoms with Gasteiger partial charge in [-0.25, -0.2) is 0 Å². The standard InChI is InChI=1S/C15H25NO/c1-14(2,3)12-6-8-15(10-16,9-7-12)13(17)11-4-5-11/h11-13,17H,4-9H2,1-3H3. The molecule has 0 bridgehead atoms. The Kier molecular flexibility index (Phi) is 3.25.